The van der Waals surface area contributed by atoms with Crippen molar-refractivity contribution in [2.75, 3.05) is 31.1 Å². The molecule has 0 atom stereocenters. The molecule has 1 saturated heterocycles. The van der Waals surface area contributed by atoms with Gasteiger partial charge in [-0.3, -0.25) is 9.59 Å². The SMILES string of the molecule is CCN(C(=O)C1CCN(C(=O)COc2ccc(C)cc2)CC1)c1ccccc1. The van der Waals surface area contributed by atoms with Gasteiger partial charge in [0.25, 0.3) is 5.91 Å². The molecule has 0 saturated carbocycles. The van der Waals surface area contributed by atoms with E-state index in [1.165, 1.54) is 0 Å². The fourth-order valence-electron chi connectivity index (χ4n) is 3.54. The number of hydrogen-bond acceptors (Lipinski definition) is 3. The average molecular weight is 380 g/mol. The summed E-state index contributed by atoms with van der Waals surface area (Å²) in [4.78, 5) is 29.0. The summed E-state index contributed by atoms with van der Waals surface area (Å²) in [5.74, 6) is 0.784. The Morgan fingerprint density at radius 2 is 1.68 bits per heavy atom. The van der Waals surface area contributed by atoms with Crippen molar-refractivity contribution < 1.29 is 14.3 Å². The number of aryl methyl sites for hydroxylation is 1. The van der Waals surface area contributed by atoms with E-state index >= 15 is 0 Å². The van der Waals surface area contributed by atoms with Crippen LogP contribution in [0.2, 0.25) is 0 Å². The predicted octanol–water partition coefficient (Wildman–Crippen LogP) is 3.67. The van der Waals surface area contributed by atoms with Gasteiger partial charge in [-0.2, -0.15) is 0 Å². The third-order valence-corrected chi connectivity index (χ3v) is 5.23. The van der Waals surface area contributed by atoms with Crippen molar-refractivity contribution in [3.05, 3.63) is 60.2 Å². The monoisotopic (exact) mass is 380 g/mol. The fourth-order valence-corrected chi connectivity index (χ4v) is 3.54. The van der Waals surface area contributed by atoms with Gasteiger partial charge in [0, 0.05) is 31.2 Å². The number of nitrogens with zero attached hydrogens (tertiary/aromatic N) is 2. The molecule has 28 heavy (non-hydrogen) atoms. The van der Waals surface area contributed by atoms with E-state index in [-0.39, 0.29) is 24.3 Å². The fraction of sp³-hybridized carbons (Fsp3) is 0.391. The number of ether oxygens (including phenoxy) is 1. The van der Waals surface area contributed by atoms with Crippen LogP contribution in [0.4, 0.5) is 5.69 Å². The molecule has 2 amide bonds. The minimum Gasteiger partial charge on any atom is -0.484 e. The quantitative estimate of drug-likeness (QED) is 0.768. The molecule has 0 N–H and O–H groups in total. The first-order valence-corrected chi connectivity index (χ1v) is 9.92. The molecule has 5 nitrogen and oxygen atoms in total. The number of carbonyl (C=O) groups excluding carboxylic acids is 2. The second-order valence-electron chi connectivity index (χ2n) is 7.17. The minimum atomic E-state index is -0.0396. The molecule has 0 radical (unpaired) electrons. The van der Waals surface area contributed by atoms with Crippen LogP contribution in [-0.4, -0.2) is 43.0 Å². The smallest absolute Gasteiger partial charge is 0.260 e. The lowest BCUT2D eigenvalue weighted by atomic mass is 9.95. The van der Waals surface area contributed by atoms with Crippen LogP contribution in [0.1, 0.15) is 25.3 Å². The van der Waals surface area contributed by atoms with E-state index in [1.807, 2.05) is 73.3 Å². The lowest BCUT2D eigenvalue weighted by molar-refractivity contribution is -0.136. The first-order chi connectivity index (χ1) is 13.6. The number of amides is 2. The highest BCUT2D eigenvalue weighted by molar-refractivity contribution is 5.95. The van der Waals surface area contributed by atoms with Crippen LogP contribution >= 0.6 is 0 Å². The van der Waals surface area contributed by atoms with Crippen LogP contribution in [0.3, 0.4) is 0 Å². The number of benzene rings is 2. The van der Waals surface area contributed by atoms with E-state index in [0.29, 0.717) is 38.2 Å². The van der Waals surface area contributed by atoms with E-state index in [1.54, 1.807) is 4.90 Å². The van der Waals surface area contributed by atoms with E-state index in [9.17, 15) is 9.59 Å². The van der Waals surface area contributed by atoms with Gasteiger partial charge in [0.2, 0.25) is 5.91 Å². The number of piperidine rings is 1. The molecule has 1 aliphatic heterocycles. The van der Waals surface area contributed by atoms with Crippen molar-refractivity contribution in [1.82, 2.24) is 4.90 Å². The second kappa shape index (κ2) is 9.40. The molecule has 5 heteroatoms. The van der Waals surface area contributed by atoms with Crippen LogP contribution in [0, 0.1) is 12.8 Å². The molecule has 148 valence electrons. The van der Waals surface area contributed by atoms with Gasteiger partial charge < -0.3 is 14.5 Å². The number of likely N-dealkylation sites (tertiary alicyclic amines) is 1. The first-order valence-electron chi connectivity index (χ1n) is 9.92. The van der Waals surface area contributed by atoms with Crippen molar-refractivity contribution in [2.24, 2.45) is 5.92 Å². The van der Waals surface area contributed by atoms with E-state index in [2.05, 4.69) is 0 Å². The van der Waals surface area contributed by atoms with Crippen LogP contribution in [-0.2, 0) is 9.59 Å². The normalized spacial score (nSPS) is 14.6. The van der Waals surface area contributed by atoms with E-state index in [0.717, 1.165) is 11.3 Å². The number of carbonyl (C=O) groups is 2. The summed E-state index contributed by atoms with van der Waals surface area (Å²) in [6.07, 6.45) is 1.39. The maximum absolute atomic E-state index is 12.9. The Balaban J connectivity index is 1.50. The zero-order chi connectivity index (χ0) is 19.9. The van der Waals surface area contributed by atoms with Gasteiger partial charge in [-0.1, -0.05) is 35.9 Å². The van der Waals surface area contributed by atoms with E-state index in [4.69, 9.17) is 4.74 Å². The third kappa shape index (κ3) is 4.91. The van der Waals surface area contributed by atoms with Gasteiger partial charge in [0.05, 0.1) is 0 Å². The maximum Gasteiger partial charge on any atom is 0.260 e. The van der Waals surface area contributed by atoms with Gasteiger partial charge in [-0.25, -0.2) is 0 Å². The standard InChI is InChI=1S/C23H28N2O3/c1-3-25(20-7-5-4-6-8-20)23(27)19-13-15-24(16-14-19)22(26)17-28-21-11-9-18(2)10-12-21/h4-12,19H,3,13-17H2,1-2H3. The molecule has 0 spiro atoms. The van der Waals surface area contributed by atoms with Gasteiger partial charge in [-0.15, -0.1) is 0 Å². The molecule has 0 aliphatic carbocycles. The third-order valence-electron chi connectivity index (χ3n) is 5.23. The topological polar surface area (TPSA) is 49.9 Å². The number of anilines is 1. The van der Waals surface area contributed by atoms with Gasteiger partial charge in [0.1, 0.15) is 5.75 Å². The number of para-hydroxylation sites is 1. The van der Waals surface area contributed by atoms with Gasteiger partial charge >= 0.3 is 0 Å². The summed E-state index contributed by atoms with van der Waals surface area (Å²) in [5.41, 5.74) is 2.09. The van der Waals surface area contributed by atoms with Crippen LogP contribution in [0.5, 0.6) is 5.75 Å². The molecular formula is C23H28N2O3. The number of hydrogen-bond donors (Lipinski definition) is 0. The molecule has 2 aromatic carbocycles. The first kappa shape index (κ1) is 19.9. The highest BCUT2D eigenvalue weighted by Gasteiger charge is 2.30. The summed E-state index contributed by atoms with van der Waals surface area (Å²) in [5, 5.41) is 0. The van der Waals surface area contributed by atoms with Crippen LogP contribution in [0.25, 0.3) is 0 Å². The van der Waals surface area contributed by atoms with Gasteiger partial charge in [0.15, 0.2) is 6.61 Å². The Morgan fingerprint density at radius 3 is 2.29 bits per heavy atom. The summed E-state index contributed by atoms with van der Waals surface area (Å²) in [6.45, 7) is 5.88. The molecule has 1 fully saturated rings. The minimum absolute atomic E-state index is 0.0260. The Kier molecular flexibility index (Phi) is 6.69. The zero-order valence-electron chi connectivity index (χ0n) is 16.6. The summed E-state index contributed by atoms with van der Waals surface area (Å²) in [7, 11) is 0. The molecule has 1 aliphatic rings. The highest BCUT2D eigenvalue weighted by Crippen LogP contribution is 2.23. The van der Waals surface area contributed by atoms with Crippen LogP contribution in [0.15, 0.2) is 54.6 Å². The largest absolute Gasteiger partial charge is 0.484 e. The lowest BCUT2D eigenvalue weighted by Crippen LogP contribution is -2.45. The van der Waals surface area contributed by atoms with E-state index < -0.39 is 0 Å². The summed E-state index contributed by atoms with van der Waals surface area (Å²) in [6, 6.07) is 17.4. The maximum atomic E-state index is 12.9. The van der Waals surface area contributed by atoms with Crippen molar-refractivity contribution in [3.8, 4) is 5.75 Å². The lowest BCUT2D eigenvalue weighted by Gasteiger charge is -2.34. The Hall–Kier alpha value is -2.82. The molecule has 1 heterocycles. The van der Waals surface area contributed by atoms with Crippen molar-refractivity contribution >= 4 is 17.5 Å². The molecule has 0 bridgehead atoms. The number of rotatable bonds is 6. The predicted molar refractivity (Wildman–Crippen MR) is 110 cm³/mol. The highest BCUT2D eigenvalue weighted by atomic mass is 16.5. The Morgan fingerprint density at radius 1 is 1.04 bits per heavy atom. The Labute approximate surface area is 166 Å². The van der Waals surface area contributed by atoms with Crippen LogP contribution < -0.4 is 9.64 Å². The molecule has 0 aromatic heterocycles. The van der Waals surface area contributed by atoms with Crippen molar-refractivity contribution in [2.45, 2.75) is 26.7 Å². The summed E-state index contributed by atoms with van der Waals surface area (Å²) < 4.78 is 5.60. The van der Waals surface area contributed by atoms with Gasteiger partial charge in [-0.05, 0) is 51.0 Å². The van der Waals surface area contributed by atoms with Crippen molar-refractivity contribution in [3.63, 3.8) is 0 Å². The Bertz CT molecular complexity index is 781. The molecule has 0 unspecified atom stereocenters. The average Bonchev–Trinajstić information content (AvgIpc) is 2.74. The van der Waals surface area contributed by atoms with Crippen molar-refractivity contribution in [1.29, 1.82) is 0 Å². The molecule has 2 aromatic rings. The second-order valence-corrected chi connectivity index (χ2v) is 7.17. The molecular weight excluding hydrogens is 352 g/mol. The molecule has 3 rings (SSSR count). The summed E-state index contributed by atoms with van der Waals surface area (Å²) >= 11 is 0. The zero-order valence-corrected chi connectivity index (χ0v) is 16.6.